The minimum atomic E-state index is 0. The number of hydrogen-bond donors (Lipinski definition) is 2. The standard InChI is InChI=1S/C13H25N3S.HI/c1-14-13(15-10-5-3-6-10)16-11-7-4-8-12(9-11)17-2;/h10-12H,3-9H2,1-2H3,(H2,14,15,16);1H. The van der Waals surface area contributed by atoms with Gasteiger partial charge in [-0.05, 0) is 44.8 Å². The van der Waals surface area contributed by atoms with Crippen LogP contribution in [0.4, 0.5) is 0 Å². The van der Waals surface area contributed by atoms with Crippen molar-refractivity contribution >= 4 is 41.7 Å². The lowest BCUT2D eigenvalue weighted by Crippen LogP contribution is -2.50. The number of rotatable bonds is 3. The summed E-state index contributed by atoms with van der Waals surface area (Å²) in [7, 11) is 1.88. The van der Waals surface area contributed by atoms with Crippen LogP contribution in [0, 0.1) is 0 Å². The van der Waals surface area contributed by atoms with Gasteiger partial charge < -0.3 is 10.6 Å². The first-order valence-electron chi connectivity index (χ1n) is 6.84. The second kappa shape index (κ2) is 8.51. The first kappa shape index (κ1) is 16.4. The lowest BCUT2D eigenvalue weighted by Gasteiger charge is -2.33. The summed E-state index contributed by atoms with van der Waals surface area (Å²) in [5, 5.41) is 7.95. The van der Waals surface area contributed by atoms with Crippen molar-refractivity contribution in [3.05, 3.63) is 0 Å². The van der Waals surface area contributed by atoms with Gasteiger partial charge in [-0.25, -0.2) is 0 Å². The van der Waals surface area contributed by atoms with Gasteiger partial charge in [0.05, 0.1) is 0 Å². The molecule has 106 valence electrons. The van der Waals surface area contributed by atoms with Gasteiger partial charge in [-0.15, -0.1) is 24.0 Å². The van der Waals surface area contributed by atoms with Crippen LogP contribution in [0.3, 0.4) is 0 Å². The van der Waals surface area contributed by atoms with Gasteiger partial charge in [0.25, 0.3) is 0 Å². The first-order valence-corrected chi connectivity index (χ1v) is 8.13. The van der Waals surface area contributed by atoms with E-state index in [0.29, 0.717) is 12.1 Å². The van der Waals surface area contributed by atoms with Gasteiger partial charge >= 0.3 is 0 Å². The fraction of sp³-hybridized carbons (Fsp3) is 0.923. The zero-order valence-electron chi connectivity index (χ0n) is 11.4. The molecule has 2 unspecified atom stereocenters. The molecular formula is C13H26IN3S. The van der Waals surface area contributed by atoms with E-state index in [9.17, 15) is 0 Å². The van der Waals surface area contributed by atoms with E-state index in [2.05, 4.69) is 21.9 Å². The summed E-state index contributed by atoms with van der Waals surface area (Å²) in [4.78, 5) is 4.34. The fourth-order valence-corrected chi connectivity index (χ4v) is 3.43. The van der Waals surface area contributed by atoms with Crippen molar-refractivity contribution in [3.63, 3.8) is 0 Å². The molecule has 0 aromatic heterocycles. The Morgan fingerprint density at radius 3 is 2.22 bits per heavy atom. The molecule has 2 rings (SSSR count). The summed E-state index contributed by atoms with van der Waals surface area (Å²) in [5.74, 6) is 1.02. The van der Waals surface area contributed by atoms with E-state index in [1.54, 1.807) is 0 Å². The molecule has 18 heavy (non-hydrogen) atoms. The molecule has 0 aromatic rings. The molecule has 2 aliphatic rings. The zero-order chi connectivity index (χ0) is 12.1. The summed E-state index contributed by atoms with van der Waals surface area (Å²) >= 11 is 2.01. The number of hydrogen-bond acceptors (Lipinski definition) is 2. The van der Waals surface area contributed by atoms with Crippen LogP contribution in [-0.2, 0) is 0 Å². The van der Waals surface area contributed by atoms with Crippen molar-refractivity contribution in [1.29, 1.82) is 0 Å². The van der Waals surface area contributed by atoms with Gasteiger partial charge in [-0.2, -0.15) is 11.8 Å². The normalized spacial score (nSPS) is 29.1. The Morgan fingerprint density at radius 2 is 1.67 bits per heavy atom. The largest absolute Gasteiger partial charge is 0.354 e. The third-order valence-electron chi connectivity index (χ3n) is 3.97. The topological polar surface area (TPSA) is 36.4 Å². The second-order valence-electron chi connectivity index (χ2n) is 5.21. The number of thioether (sulfide) groups is 1. The molecular weight excluding hydrogens is 357 g/mol. The predicted octanol–water partition coefficient (Wildman–Crippen LogP) is 3.00. The van der Waals surface area contributed by atoms with E-state index in [0.717, 1.165) is 11.2 Å². The molecule has 0 bridgehead atoms. The SMILES string of the molecule is CN=C(NC1CCC1)NC1CCCC(SC)C1.I. The van der Waals surface area contributed by atoms with Gasteiger partial charge in [-0.1, -0.05) is 6.42 Å². The summed E-state index contributed by atoms with van der Waals surface area (Å²) in [6.07, 6.45) is 11.5. The molecule has 2 saturated carbocycles. The fourth-order valence-electron chi connectivity index (χ4n) is 2.60. The third kappa shape index (κ3) is 4.79. The van der Waals surface area contributed by atoms with Crippen molar-refractivity contribution in [2.24, 2.45) is 4.99 Å². The highest BCUT2D eigenvalue weighted by Gasteiger charge is 2.23. The van der Waals surface area contributed by atoms with Crippen LogP contribution in [0.5, 0.6) is 0 Å². The molecule has 3 nitrogen and oxygen atoms in total. The molecule has 2 atom stereocenters. The highest BCUT2D eigenvalue weighted by Crippen LogP contribution is 2.27. The van der Waals surface area contributed by atoms with Gasteiger partial charge in [0, 0.05) is 24.4 Å². The predicted molar refractivity (Wildman–Crippen MR) is 92.2 cm³/mol. The van der Waals surface area contributed by atoms with Crippen LogP contribution >= 0.6 is 35.7 Å². The number of nitrogens with one attached hydrogen (secondary N) is 2. The Labute approximate surface area is 132 Å². The van der Waals surface area contributed by atoms with E-state index >= 15 is 0 Å². The van der Waals surface area contributed by atoms with E-state index < -0.39 is 0 Å². The molecule has 5 heteroatoms. The minimum absolute atomic E-state index is 0. The number of nitrogens with zero attached hydrogens (tertiary/aromatic N) is 1. The molecule has 2 aliphatic carbocycles. The highest BCUT2D eigenvalue weighted by molar-refractivity contribution is 14.0. The Kier molecular flexibility index (Phi) is 7.75. The molecule has 0 amide bonds. The molecule has 0 spiro atoms. The van der Waals surface area contributed by atoms with Gasteiger partial charge in [0.1, 0.15) is 0 Å². The minimum Gasteiger partial charge on any atom is -0.354 e. The Bertz CT molecular complexity index is 269. The van der Waals surface area contributed by atoms with Crippen molar-refractivity contribution in [2.45, 2.75) is 62.3 Å². The maximum Gasteiger partial charge on any atom is 0.191 e. The van der Waals surface area contributed by atoms with Crippen molar-refractivity contribution < 1.29 is 0 Å². The highest BCUT2D eigenvalue weighted by atomic mass is 127. The summed E-state index contributed by atoms with van der Waals surface area (Å²) < 4.78 is 0. The van der Waals surface area contributed by atoms with Crippen LogP contribution in [0.1, 0.15) is 44.9 Å². The Morgan fingerprint density at radius 1 is 1.06 bits per heavy atom. The smallest absolute Gasteiger partial charge is 0.191 e. The van der Waals surface area contributed by atoms with Crippen molar-refractivity contribution in [3.8, 4) is 0 Å². The van der Waals surface area contributed by atoms with E-state index in [1.165, 1.54) is 44.9 Å². The summed E-state index contributed by atoms with van der Waals surface area (Å²) in [6.45, 7) is 0. The quantitative estimate of drug-likeness (QED) is 0.447. The first-order chi connectivity index (χ1) is 8.31. The molecule has 0 aliphatic heterocycles. The van der Waals surface area contributed by atoms with Crippen LogP contribution < -0.4 is 10.6 Å². The van der Waals surface area contributed by atoms with Gasteiger partial charge in [0.2, 0.25) is 0 Å². The van der Waals surface area contributed by atoms with Crippen molar-refractivity contribution in [1.82, 2.24) is 10.6 Å². The van der Waals surface area contributed by atoms with E-state index in [4.69, 9.17) is 0 Å². The van der Waals surface area contributed by atoms with Gasteiger partial charge in [-0.3, -0.25) is 4.99 Å². The molecule has 0 heterocycles. The molecule has 0 aromatic carbocycles. The van der Waals surface area contributed by atoms with Crippen molar-refractivity contribution in [2.75, 3.05) is 13.3 Å². The Balaban J connectivity index is 0.00000162. The van der Waals surface area contributed by atoms with Crippen LogP contribution in [0.25, 0.3) is 0 Å². The number of aliphatic imine (C=N–C) groups is 1. The summed E-state index contributed by atoms with van der Waals surface area (Å²) in [6, 6.07) is 1.29. The Hall–Kier alpha value is 0.350. The van der Waals surface area contributed by atoms with Crippen LogP contribution in [-0.4, -0.2) is 36.6 Å². The van der Waals surface area contributed by atoms with Crippen LogP contribution in [0.15, 0.2) is 4.99 Å². The lowest BCUT2D eigenvalue weighted by molar-refractivity contribution is 0.370. The average Bonchev–Trinajstić information content (AvgIpc) is 2.32. The van der Waals surface area contributed by atoms with Gasteiger partial charge in [0.15, 0.2) is 5.96 Å². The maximum atomic E-state index is 4.34. The maximum absolute atomic E-state index is 4.34. The monoisotopic (exact) mass is 383 g/mol. The molecule has 2 fully saturated rings. The molecule has 0 radical (unpaired) electrons. The average molecular weight is 383 g/mol. The lowest BCUT2D eigenvalue weighted by atomic mass is 9.93. The molecule has 2 N–H and O–H groups in total. The number of guanidine groups is 1. The van der Waals surface area contributed by atoms with Crippen LogP contribution in [0.2, 0.25) is 0 Å². The zero-order valence-corrected chi connectivity index (χ0v) is 14.6. The molecule has 0 saturated heterocycles. The number of halogens is 1. The third-order valence-corrected chi connectivity index (χ3v) is 5.06. The summed E-state index contributed by atoms with van der Waals surface area (Å²) in [5.41, 5.74) is 0. The van der Waals surface area contributed by atoms with E-state index in [-0.39, 0.29) is 24.0 Å². The second-order valence-corrected chi connectivity index (χ2v) is 6.35. The van der Waals surface area contributed by atoms with E-state index in [1.807, 2.05) is 18.8 Å².